The van der Waals surface area contributed by atoms with Crippen molar-refractivity contribution in [1.82, 2.24) is 9.80 Å². The van der Waals surface area contributed by atoms with E-state index in [9.17, 15) is 0 Å². The molecular formula is C9H20N2O. The van der Waals surface area contributed by atoms with Crippen LogP contribution < -0.4 is 0 Å². The molecule has 1 heterocycles. The lowest BCUT2D eigenvalue weighted by atomic mass is 10.2. The van der Waals surface area contributed by atoms with E-state index >= 15 is 0 Å². The maximum Gasteiger partial charge on any atom is 0.0957 e. The second kappa shape index (κ2) is 5.51. The molecule has 0 saturated carbocycles. The highest BCUT2D eigenvalue weighted by atomic mass is 16.3. The number of hydrogen-bond donors (Lipinski definition) is 1. The van der Waals surface area contributed by atoms with E-state index in [1.807, 2.05) is 0 Å². The monoisotopic (exact) mass is 172 g/mol. The summed E-state index contributed by atoms with van der Waals surface area (Å²) in [7, 11) is 0. The Labute approximate surface area is 75.0 Å². The first-order valence-corrected chi connectivity index (χ1v) is 4.92. The Bertz CT molecular complexity index is 111. The first-order valence-electron chi connectivity index (χ1n) is 4.92. The van der Waals surface area contributed by atoms with Crippen molar-refractivity contribution < 1.29 is 5.11 Å². The number of unbranched alkanes of at least 4 members (excludes halogenated alkanes) is 1. The van der Waals surface area contributed by atoms with Crippen LogP contribution in [0.15, 0.2) is 0 Å². The fourth-order valence-corrected chi connectivity index (χ4v) is 1.54. The van der Waals surface area contributed by atoms with Crippen LogP contribution in [0.5, 0.6) is 0 Å². The zero-order chi connectivity index (χ0) is 8.81. The van der Waals surface area contributed by atoms with Crippen LogP contribution in [-0.4, -0.2) is 54.4 Å². The number of piperazine rings is 1. The van der Waals surface area contributed by atoms with Crippen molar-refractivity contribution in [3.8, 4) is 0 Å². The van der Waals surface area contributed by atoms with Gasteiger partial charge in [0.25, 0.3) is 0 Å². The minimum Gasteiger partial charge on any atom is -0.381 e. The van der Waals surface area contributed by atoms with Gasteiger partial charge >= 0.3 is 0 Å². The molecule has 72 valence electrons. The fourth-order valence-electron chi connectivity index (χ4n) is 1.54. The normalized spacial score (nSPS) is 21.5. The van der Waals surface area contributed by atoms with E-state index in [1.165, 1.54) is 19.4 Å². The molecule has 0 amide bonds. The predicted molar refractivity (Wildman–Crippen MR) is 50.0 cm³/mol. The van der Waals surface area contributed by atoms with Gasteiger partial charge in [0, 0.05) is 26.2 Å². The van der Waals surface area contributed by atoms with Crippen molar-refractivity contribution in [2.24, 2.45) is 0 Å². The Kier molecular flexibility index (Phi) is 4.58. The molecule has 0 bridgehead atoms. The van der Waals surface area contributed by atoms with Crippen molar-refractivity contribution >= 4 is 0 Å². The molecule has 3 nitrogen and oxygen atoms in total. The molecule has 0 aliphatic carbocycles. The second-order valence-corrected chi connectivity index (χ2v) is 3.45. The van der Waals surface area contributed by atoms with Crippen LogP contribution in [0.2, 0.25) is 0 Å². The third-order valence-corrected chi connectivity index (χ3v) is 2.49. The highest BCUT2D eigenvalue weighted by molar-refractivity contribution is 4.69. The Morgan fingerprint density at radius 3 is 2.17 bits per heavy atom. The smallest absolute Gasteiger partial charge is 0.0957 e. The summed E-state index contributed by atoms with van der Waals surface area (Å²) in [6, 6.07) is 0. The van der Waals surface area contributed by atoms with E-state index in [0.29, 0.717) is 0 Å². The third-order valence-electron chi connectivity index (χ3n) is 2.49. The van der Waals surface area contributed by atoms with Crippen molar-refractivity contribution in [3.63, 3.8) is 0 Å². The SMILES string of the molecule is CCCCN1CCN(CO)CC1. The minimum absolute atomic E-state index is 0.224. The van der Waals surface area contributed by atoms with E-state index in [1.54, 1.807) is 0 Å². The van der Waals surface area contributed by atoms with Gasteiger partial charge in [-0.15, -0.1) is 0 Å². The van der Waals surface area contributed by atoms with Gasteiger partial charge in [-0.3, -0.25) is 4.90 Å². The predicted octanol–water partition coefficient (Wildman–Crippen LogP) is 0.354. The van der Waals surface area contributed by atoms with Gasteiger partial charge in [-0.05, 0) is 13.0 Å². The molecule has 1 fully saturated rings. The maximum absolute atomic E-state index is 8.86. The molecule has 1 saturated heterocycles. The molecule has 1 aliphatic rings. The largest absolute Gasteiger partial charge is 0.381 e. The van der Waals surface area contributed by atoms with Gasteiger partial charge in [-0.2, -0.15) is 0 Å². The molecule has 0 aromatic heterocycles. The van der Waals surface area contributed by atoms with E-state index < -0.39 is 0 Å². The molecule has 1 rings (SSSR count). The lowest BCUT2D eigenvalue weighted by molar-refractivity contribution is 0.0540. The van der Waals surface area contributed by atoms with Crippen molar-refractivity contribution in [2.45, 2.75) is 19.8 Å². The van der Waals surface area contributed by atoms with Crippen molar-refractivity contribution in [2.75, 3.05) is 39.5 Å². The standard InChI is InChI=1S/C9H20N2O/c1-2-3-4-10-5-7-11(9-12)8-6-10/h12H,2-9H2,1H3. The molecule has 0 aromatic carbocycles. The summed E-state index contributed by atoms with van der Waals surface area (Å²) in [4.78, 5) is 4.57. The molecule has 0 aromatic rings. The summed E-state index contributed by atoms with van der Waals surface area (Å²) in [5.74, 6) is 0. The topological polar surface area (TPSA) is 26.7 Å². The average molecular weight is 172 g/mol. The molecule has 0 atom stereocenters. The number of nitrogens with zero attached hydrogens (tertiary/aromatic N) is 2. The van der Waals surface area contributed by atoms with Gasteiger partial charge < -0.3 is 10.0 Å². The van der Waals surface area contributed by atoms with Crippen LogP contribution in [0.1, 0.15) is 19.8 Å². The summed E-state index contributed by atoms with van der Waals surface area (Å²) in [6.45, 7) is 7.99. The first kappa shape index (κ1) is 9.96. The zero-order valence-corrected chi connectivity index (χ0v) is 8.00. The average Bonchev–Trinajstić information content (AvgIpc) is 2.15. The molecular weight excluding hydrogens is 152 g/mol. The Morgan fingerprint density at radius 1 is 1.08 bits per heavy atom. The van der Waals surface area contributed by atoms with Gasteiger partial charge in [-0.1, -0.05) is 13.3 Å². The molecule has 0 spiro atoms. The van der Waals surface area contributed by atoms with Crippen LogP contribution in [0, 0.1) is 0 Å². The molecule has 3 heteroatoms. The molecule has 0 unspecified atom stereocenters. The quantitative estimate of drug-likeness (QED) is 0.663. The molecule has 12 heavy (non-hydrogen) atoms. The summed E-state index contributed by atoms with van der Waals surface area (Å²) in [6.07, 6.45) is 2.58. The highest BCUT2D eigenvalue weighted by Crippen LogP contribution is 2.01. The summed E-state index contributed by atoms with van der Waals surface area (Å²) in [5.41, 5.74) is 0. The number of aliphatic hydroxyl groups excluding tert-OH is 1. The first-order chi connectivity index (χ1) is 5.86. The minimum atomic E-state index is 0.224. The Balaban J connectivity index is 2.09. The summed E-state index contributed by atoms with van der Waals surface area (Å²) < 4.78 is 0. The van der Waals surface area contributed by atoms with E-state index in [2.05, 4.69) is 16.7 Å². The van der Waals surface area contributed by atoms with Gasteiger partial charge in [0.15, 0.2) is 0 Å². The van der Waals surface area contributed by atoms with Crippen LogP contribution in [-0.2, 0) is 0 Å². The van der Waals surface area contributed by atoms with Gasteiger partial charge in [0.1, 0.15) is 0 Å². The van der Waals surface area contributed by atoms with Gasteiger partial charge in [0.2, 0.25) is 0 Å². The fraction of sp³-hybridized carbons (Fsp3) is 1.00. The number of aliphatic hydroxyl groups is 1. The van der Waals surface area contributed by atoms with Crippen molar-refractivity contribution in [1.29, 1.82) is 0 Å². The summed E-state index contributed by atoms with van der Waals surface area (Å²) >= 11 is 0. The van der Waals surface area contributed by atoms with Crippen molar-refractivity contribution in [3.05, 3.63) is 0 Å². The zero-order valence-electron chi connectivity index (χ0n) is 8.00. The van der Waals surface area contributed by atoms with E-state index in [4.69, 9.17) is 5.11 Å². The lowest BCUT2D eigenvalue weighted by Crippen LogP contribution is -2.46. The van der Waals surface area contributed by atoms with Gasteiger partial charge in [0.05, 0.1) is 6.73 Å². The molecule has 1 aliphatic heterocycles. The maximum atomic E-state index is 8.86. The number of rotatable bonds is 4. The lowest BCUT2D eigenvalue weighted by Gasteiger charge is -2.33. The Morgan fingerprint density at radius 2 is 1.67 bits per heavy atom. The third kappa shape index (κ3) is 3.09. The van der Waals surface area contributed by atoms with Gasteiger partial charge in [-0.25, -0.2) is 0 Å². The highest BCUT2D eigenvalue weighted by Gasteiger charge is 2.14. The summed E-state index contributed by atoms with van der Waals surface area (Å²) in [5, 5.41) is 8.86. The second-order valence-electron chi connectivity index (χ2n) is 3.45. The van der Waals surface area contributed by atoms with Crippen LogP contribution in [0.3, 0.4) is 0 Å². The van der Waals surface area contributed by atoms with Crippen LogP contribution in [0.25, 0.3) is 0 Å². The van der Waals surface area contributed by atoms with Crippen LogP contribution in [0.4, 0.5) is 0 Å². The van der Waals surface area contributed by atoms with E-state index in [0.717, 1.165) is 26.2 Å². The number of hydrogen-bond acceptors (Lipinski definition) is 3. The van der Waals surface area contributed by atoms with Crippen LogP contribution >= 0.6 is 0 Å². The van der Waals surface area contributed by atoms with E-state index in [-0.39, 0.29) is 6.73 Å². The molecule has 1 N–H and O–H groups in total. The Hall–Kier alpha value is -0.120. The molecule has 0 radical (unpaired) electrons.